The summed E-state index contributed by atoms with van der Waals surface area (Å²) in [6, 6.07) is 2.46. The second-order valence-corrected chi connectivity index (χ2v) is 4.53. The van der Waals surface area contributed by atoms with Gasteiger partial charge in [-0.2, -0.15) is 0 Å². The Bertz CT molecular complexity index is 533. The van der Waals surface area contributed by atoms with E-state index in [9.17, 15) is 14.9 Å². The molecule has 0 saturated heterocycles. The maximum absolute atomic E-state index is 12.1. The highest BCUT2D eigenvalue weighted by atomic mass is 16.6. The molecule has 1 rings (SSSR count). The number of hydrogen-bond donors (Lipinski definition) is 2. The van der Waals surface area contributed by atoms with Crippen LogP contribution in [0.3, 0.4) is 0 Å². The van der Waals surface area contributed by atoms with Crippen LogP contribution in [0.25, 0.3) is 0 Å². The number of nitrogens with two attached hydrogens (primary N) is 1. The molecule has 0 spiro atoms. The number of nitro groups is 1. The summed E-state index contributed by atoms with van der Waals surface area (Å²) in [5, 5.41) is 13.7. The molecule has 0 fully saturated rings. The van der Waals surface area contributed by atoms with Crippen molar-refractivity contribution in [3.63, 3.8) is 0 Å². The number of nitrogens with one attached hydrogen (secondary N) is 1. The fourth-order valence-electron chi connectivity index (χ4n) is 1.65. The predicted octanol–water partition coefficient (Wildman–Crippen LogP) is 0.937. The Morgan fingerprint density at radius 3 is 2.43 bits per heavy atom. The standard InChI is InChI=1S/C13H19N3O5/c1-8(6-14)7-15-13(17)9-4-11(20-2)12(21-3)5-10(9)16(18)19/h4-5,8H,6-7,14H2,1-3H3,(H,15,17). The molecule has 1 unspecified atom stereocenters. The van der Waals surface area contributed by atoms with Gasteiger partial charge in [0.2, 0.25) is 0 Å². The van der Waals surface area contributed by atoms with Crippen LogP contribution in [0.15, 0.2) is 12.1 Å². The molecular formula is C13H19N3O5. The average Bonchev–Trinajstić information content (AvgIpc) is 2.50. The number of carbonyl (C=O) groups excluding carboxylic acids is 1. The number of nitro benzene ring substituents is 1. The van der Waals surface area contributed by atoms with Crippen LogP contribution in [0.5, 0.6) is 11.5 Å². The quantitative estimate of drug-likeness (QED) is 0.571. The molecule has 0 aliphatic carbocycles. The average molecular weight is 297 g/mol. The Morgan fingerprint density at radius 1 is 1.38 bits per heavy atom. The summed E-state index contributed by atoms with van der Waals surface area (Å²) in [6.07, 6.45) is 0. The normalized spacial score (nSPS) is 11.6. The number of benzene rings is 1. The topological polar surface area (TPSA) is 117 Å². The molecule has 1 aromatic rings. The second-order valence-electron chi connectivity index (χ2n) is 4.53. The van der Waals surface area contributed by atoms with E-state index in [1.807, 2.05) is 6.92 Å². The lowest BCUT2D eigenvalue weighted by Gasteiger charge is -2.12. The first-order chi connectivity index (χ1) is 9.94. The molecule has 1 amide bonds. The van der Waals surface area contributed by atoms with E-state index >= 15 is 0 Å². The zero-order valence-corrected chi connectivity index (χ0v) is 12.2. The van der Waals surface area contributed by atoms with Crippen LogP contribution in [0, 0.1) is 16.0 Å². The van der Waals surface area contributed by atoms with E-state index in [1.165, 1.54) is 26.4 Å². The van der Waals surface area contributed by atoms with Gasteiger partial charge in [-0.15, -0.1) is 0 Å². The van der Waals surface area contributed by atoms with Crippen molar-refractivity contribution in [2.45, 2.75) is 6.92 Å². The van der Waals surface area contributed by atoms with Gasteiger partial charge >= 0.3 is 0 Å². The van der Waals surface area contributed by atoms with E-state index in [0.717, 1.165) is 0 Å². The predicted molar refractivity (Wildman–Crippen MR) is 76.8 cm³/mol. The van der Waals surface area contributed by atoms with Gasteiger partial charge in [0.25, 0.3) is 11.6 Å². The first-order valence-electron chi connectivity index (χ1n) is 6.33. The van der Waals surface area contributed by atoms with Gasteiger partial charge in [-0.25, -0.2) is 0 Å². The number of hydrogen-bond acceptors (Lipinski definition) is 6. The number of ether oxygens (including phenoxy) is 2. The molecule has 1 atom stereocenters. The molecule has 8 nitrogen and oxygen atoms in total. The number of rotatable bonds is 7. The van der Waals surface area contributed by atoms with Crippen molar-refractivity contribution in [2.75, 3.05) is 27.3 Å². The Hall–Kier alpha value is -2.35. The maximum atomic E-state index is 12.1. The van der Waals surface area contributed by atoms with Gasteiger partial charge in [0.05, 0.1) is 25.2 Å². The molecular weight excluding hydrogens is 278 g/mol. The number of amides is 1. The Kier molecular flexibility index (Phi) is 5.92. The first-order valence-corrected chi connectivity index (χ1v) is 6.33. The largest absolute Gasteiger partial charge is 0.493 e. The van der Waals surface area contributed by atoms with Gasteiger partial charge in [0, 0.05) is 12.6 Å². The molecule has 1 aromatic carbocycles. The van der Waals surface area contributed by atoms with Crippen LogP contribution in [-0.2, 0) is 0 Å². The molecule has 0 aliphatic rings. The molecule has 21 heavy (non-hydrogen) atoms. The fraction of sp³-hybridized carbons (Fsp3) is 0.462. The number of carbonyl (C=O) groups is 1. The van der Waals surface area contributed by atoms with Crippen LogP contribution in [0.4, 0.5) is 5.69 Å². The first kappa shape index (κ1) is 16.7. The molecule has 0 aliphatic heterocycles. The lowest BCUT2D eigenvalue weighted by molar-refractivity contribution is -0.385. The van der Waals surface area contributed by atoms with Crippen molar-refractivity contribution in [3.8, 4) is 11.5 Å². The van der Waals surface area contributed by atoms with E-state index in [0.29, 0.717) is 13.1 Å². The van der Waals surface area contributed by atoms with Crippen LogP contribution in [-0.4, -0.2) is 38.1 Å². The summed E-state index contributed by atoms with van der Waals surface area (Å²) in [7, 11) is 2.76. The highest BCUT2D eigenvalue weighted by molar-refractivity contribution is 5.99. The third kappa shape index (κ3) is 4.06. The zero-order valence-electron chi connectivity index (χ0n) is 12.2. The lowest BCUT2D eigenvalue weighted by atomic mass is 10.1. The minimum absolute atomic E-state index is 0.0770. The van der Waals surface area contributed by atoms with E-state index in [4.69, 9.17) is 15.2 Å². The summed E-state index contributed by atoms with van der Waals surface area (Å²) >= 11 is 0. The van der Waals surface area contributed by atoms with Gasteiger partial charge in [-0.05, 0) is 12.5 Å². The third-order valence-electron chi connectivity index (χ3n) is 2.96. The molecule has 0 radical (unpaired) electrons. The maximum Gasteiger partial charge on any atom is 0.286 e. The summed E-state index contributed by atoms with van der Waals surface area (Å²) in [4.78, 5) is 22.6. The molecule has 0 heterocycles. The summed E-state index contributed by atoms with van der Waals surface area (Å²) in [5.74, 6) is -0.0349. The highest BCUT2D eigenvalue weighted by Crippen LogP contribution is 2.34. The third-order valence-corrected chi connectivity index (χ3v) is 2.96. The molecule has 0 aromatic heterocycles. The second kappa shape index (κ2) is 7.44. The Morgan fingerprint density at radius 2 is 1.95 bits per heavy atom. The van der Waals surface area contributed by atoms with E-state index in [1.54, 1.807) is 0 Å². The molecule has 8 heteroatoms. The van der Waals surface area contributed by atoms with Crippen molar-refractivity contribution in [1.82, 2.24) is 5.32 Å². The molecule has 3 N–H and O–H groups in total. The van der Waals surface area contributed by atoms with E-state index < -0.39 is 10.8 Å². The van der Waals surface area contributed by atoms with Gasteiger partial charge in [0.1, 0.15) is 5.56 Å². The smallest absolute Gasteiger partial charge is 0.286 e. The SMILES string of the molecule is COc1cc(C(=O)NCC(C)CN)c([N+](=O)[O-])cc1OC. The lowest BCUT2D eigenvalue weighted by Crippen LogP contribution is -2.31. The van der Waals surface area contributed by atoms with E-state index in [2.05, 4.69) is 5.32 Å². The molecule has 0 bridgehead atoms. The van der Waals surface area contributed by atoms with Crippen molar-refractivity contribution in [2.24, 2.45) is 11.7 Å². The van der Waals surface area contributed by atoms with Crippen molar-refractivity contribution < 1.29 is 19.2 Å². The van der Waals surface area contributed by atoms with E-state index in [-0.39, 0.29) is 28.7 Å². The van der Waals surface area contributed by atoms with Crippen molar-refractivity contribution in [3.05, 3.63) is 27.8 Å². The Balaban J connectivity index is 3.14. The summed E-state index contributed by atoms with van der Waals surface area (Å²) in [5.41, 5.74) is 5.04. The molecule has 0 saturated carbocycles. The van der Waals surface area contributed by atoms with Crippen LogP contribution in [0.1, 0.15) is 17.3 Å². The van der Waals surface area contributed by atoms with Gasteiger partial charge in [-0.1, -0.05) is 6.92 Å². The van der Waals surface area contributed by atoms with Crippen molar-refractivity contribution >= 4 is 11.6 Å². The highest BCUT2D eigenvalue weighted by Gasteiger charge is 2.24. The summed E-state index contributed by atoms with van der Waals surface area (Å²) < 4.78 is 10.1. The van der Waals surface area contributed by atoms with Gasteiger partial charge in [0.15, 0.2) is 11.5 Å². The van der Waals surface area contributed by atoms with Crippen LogP contribution >= 0.6 is 0 Å². The van der Waals surface area contributed by atoms with Crippen LogP contribution < -0.4 is 20.5 Å². The minimum Gasteiger partial charge on any atom is -0.493 e. The minimum atomic E-state index is -0.636. The van der Waals surface area contributed by atoms with Crippen LogP contribution in [0.2, 0.25) is 0 Å². The van der Waals surface area contributed by atoms with Gasteiger partial charge < -0.3 is 20.5 Å². The summed E-state index contributed by atoms with van der Waals surface area (Å²) in [6.45, 7) is 2.61. The Labute approximate surface area is 122 Å². The van der Waals surface area contributed by atoms with Crippen molar-refractivity contribution in [1.29, 1.82) is 0 Å². The zero-order chi connectivity index (χ0) is 16.0. The monoisotopic (exact) mass is 297 g/mol. The fourth-order valence-corrected chi connectivity index (χ4v) is 1.65. The number of nitrogens with zero attached hydrogens (tertiary/aromatic N) is 1. The molecule has 116 valence electrons. The van der Waals surface area contributed by atoms with Gasteiger partial charge in [-0.3, -0.25) is 14.9 Å². The number of methoxy groups -OCH3 is 2.